The topological polar surface area (TPSA) is 17.1 Å². The lowest BCUT2D eigenvalue weighted by Crippen LogP contribution is -2.49. The van der Waals surface area contributed by atoms with Gasteiger partial charge in [-0.05, 0) is 81.5 Å². The van der Waals surface area contributed by atoms with Crippen LogP contribution in [0.5, 0.6) is 0 Å². The zero-order valence-electron chi connectivity index (χ0n) is 16.7. The number of carbonyl (C=O) groups is 1. The van der Waals surface area contributed by atoms with Crippen molar-refractivity contribution in [1.29, 1.82) is 0 Å². The number of ketones is 1. The van der Waals surface area contributed by atoms with Crippen LogP contribution in [0.3, 0.4) is 0 Å². The van der Waals surface area contributed by atoms with Gasteiger partial charge in [-0.3, -0.25) is 0 Å². The van der Waals surface area contributed by atoms with E-state index in [1.807, 2.05) is 0 Å². The summed E-state index contributed by atoms with van der Waals surface area (Å²) >= 11 is 0. The molecule has 2 fully saturated rings. The van der Waals surface area contributed by atoms with Gasteiger partial charge in [0.15, 0.2) is 0 Å². The Morgan fingerprint density at radius 3 is 2.58 bits per heavy atom. The van der Waals surface area contributed by atoms with Gasteiger partial charge in [-0.25, -0.2) is 0 Å². The summed E-state index contributed by atoms with van der Waals surface area (Å²) in [5.41, 5.74) is 3.88. The molecule has 0 bridgehead atoms. The summed E-state index contributed by atoms with van der Waals surface area (Å²) in [7, 11) is 0. The van der Waals surface area contributed by atoms with Gasteiger partial charge in [0.05, 0.1) is 0 Å². The molecule has 1 nitrogen and oxygen atoms in total. The summed E-state index contributed by atoms with van der Waals surface area (Å²) in [6.07, 6.45) is 13.0. The smallest absolute Gasteiger partial charge is 0.130 e. The number of fused-ring (bicyclic) bond motifs is 1. The molecule has 0 aromatic carbocycles. The third kappa shape index (κ3) is 4.21. The molecule has 0 heterocycles. The molecule has 1 heteroatoms. The van der Waals surface area contributed by atoms with E-state index in [1.54, 1.807) is 6.92 Å². The molecular weight excluding hydrogens is 292 g/mol. The Bertz CT molecular complexity index is 510. The minimum atomic E-state index is 0.291. The zero-order chi connectivity index (χ0) is 18.0. The first-order chi connectivity index (χ1) is 11.2. The summed E-state index contributed by atoms with van der Waals surface area (Å²) < 4.78 is 0. The molecule has 0 amide bonds. The van der Waals surface area contributed by atoms with E-state index in [4.69, 9.17) is 0 Å². The number of Topliss-reactive ketones (excluding diaryl/α,β-unsaturated/α-hetero) is 1. The van der Waals surface area contributed by atoms with Crippen molar-refractivity contribution in [1.82, 2.24) is 0 Å². The van der Waals surface area contributed by atoms with Gasteiger partial charge in [0.25, 0.3) is 0 Å². The van der Waals surface area contributed by atoms with Gasteiger partial charge in [0, 0.05) is 6.42 Å². The Balaban J connectivity index is 2.04. The van der Waals surface area contributed by atoms with Crippen LogP contribution >= 0.6 is 0 Å². The van der Waals surface area contributed by atoms with Crippen molar-refractivity contribution in [3.8, 4) is 0 Å². The highest BCUT2D eigenvalue weighted by atomic mass is 16.1. The molecule has 3 atom stereocenters. The van der Waals surface area contributed by atoms with E-state index >= 15 is 0 Å². The second-order valence-electron chi connectivity index (χ2n) is 9.48. The van der Waals surface area contributed by atoms with E-state index in [0.717, 1.165) is 18.8 Å². The molecule has 2 rings (SSSR count). The van der Waals surface area contributed by atoms with Crippen LogP contribution in [0.25, 0.3) is 0 Å². The lowest BCUT2D eigenvalue weighted by molar-refractivity contribution is -0.116. The lowest BCUT2D eigenvalue weighted by atomic mass is 9.47. The van der Waals surface area contributed by atoms with Crippen LogP contribution in [0.4, 0.5) is 0 Å². The molecule has 0 aliphatic heterocycles. The molecule has 24 heavy (non-hydrogen) atoms. The predicted octanol–water partition coefficient (Wildman–Crippen LogP) is 6.88. The fraction of sp³-hybridized carbons (Fsp3) is 0.783. The first kappa shape index (κ1) is 19.5. The number of allylic oxidation sites excluding steroid dienone is 3. The van der Waals surface area contributed by atoms with Crippen LogP contribution in [0.2, 0.25) is 0 Å². The monoisotopic (exact) mass is 330 g/mol. The third-order valence-corrected chi connectivity index (χ3v) is 7.14. The summed E-state index contributed by atoms with van der Waals surface area (Å²) in [5.74, 6) is 1.81. The Morgan fingerprint density at radius 1 is 1.21 bits per heavy atom. The van der Waals surface area contributed by atoms with Crippen molar-refractivity contribution >= 4 is 5.78 Å². The maximum atomic E-state index is 11.1. The standard InChI is InChI=1S/C23H38O/c1-17(9-7-10-19(3)24)11-13-20-18(2)12-14-21-22(4,5)15-8-16-23(20,21)6/h9,20-21H,2,7-8,10-16H2,1,3-6H3/b17-9+/t20-,21+,23+/m1/s1. The number of hydrogen-bond acceptors (Lipinski definition) is 1. The van der Waals surface area contributed by atoms with Crippen LogP contribution < -0.4 is 0 Å². The summed E-state index contributed by atoms with van der Waals surface area (Å²) in [6, 6.07) is 0. The van der Waals surface area contributed by atoms with Gasteiger partial charge in [-0.2, -0.15) is 0 Å². The molecule has 0 aromatic rings. The van der Waals surface area contributed by atoms with Gasteiger partial charge in [-0.15, -0.1) is 0 Å². The van der Waals surface area contributed by atoms with Crippen LogP contribution in [-0.4, -0.2) is 5.78 Å². The van der Waals surface area contributed by atoms with Crippen LogP contribution in [0.15, 0.2) is 23.8 Å². The number of rotatable bonds is 6. The van der Waals surface area contributed by atoms with Crippen molar-refractivity contribution in [2.24, 2.45) is 22.7 Å². The van der Waals surface area contributed by atoms with Crippen molar-refractivity contribution in [3.05, 3.63) is 23.8 Å². The van der Waals surface area contributed by atoms with Crippen molar-refractivity contribution in [2.75, 3.05) is 0 Å². The van der Waals surface area contributed by atoms with Crippen molar-refractivity contribution in [2.45, 2.75) is 92.4 Å². The lowest BCUT2D eigenvalue weighted by Gasteiger charge is -2.58. The van der Waals surface area contributed by atoms with Crippen LogP contribution in [0.1, 0.15) is 92.4 Å². The molecular formula is C23H38O. The fourth-order valence-electron chi connectivity index (χ4n) is 5.80. The highest BCUT2D eigenvalue weighted by Crippen LogP contribution is 2.61. The highest BCUT2D eigenvalue weighted by molar-refractivity contribution is 5.75. The van der Waals surface area contributed by atoms with E-state index < -0.39 is 0 Å². The second-order valence-corrected chi connectivity index (χ2v) is 9.48. The summed E-state index contributed by atoms with van der Waals surface area (Å²) in [5, 5.41) is 0. The fourth-order valence-corrected chi connectivity index (χ4v) is 5.80. The largest absolute Gasteiger partial charge is 0.300 e. The Kier molecular flexibility index (Phi) is 6.15. The minimum absolute atomic E-state index is 0.291. The predicted molar refractivity (Wildman–Crippen MR) is 104 cm³/mol. The first-order valence-corrected chi connectivity index (χ1v) is 9.99. The van der Waals surface area contributed by atoms with E-state index in [9.17, 15) is 4.79 Å². The number of hydrogen-bond donors (Lipinski definition) is 0. The van der Waals surface area contributed by atoms with E-state index in [1.165, 1.54) is 49.7 Å². The van der Waals surface area contributed by atoms with E-state index in [0.29, 0.717) is 29.0 Å². The Morgan fingerprint density at radius 2 is 1.92 bits per heavy atom. The molecule has 0 saturated heterocycles. The average molecular weight is 331 g/mol. The summed E-state index contributed by atoms with van der Waals surface area (Å²) in [4.78, 5) is 11.1. The maximum absolute atomic E-state index is 11.1. The van der Waals surface area contributed by atoms with Gasteiger partial charge in [-0.1, -0.05) is 51.0 Å². The van der Waals surface area contributed by atoms with Crippen LogP contribution in [0, 0.1) is 22.7 Å². The minimum Gasteiger partial charge on any atom is -0.300 e. The van der Waals surface area contributed by atoms with Gasteiger partial charge in [0.1, 0.15) is 5.78 Å². The second kappa shape index (κ2) is 7.58. The average Bonchev–Trinajstić information content (AvgIpc) is 2.45. The van der Waals surface area contributed by atoms with Gasteiger partial charge >= 0.3 is 0 Å². The first-order valence-electron chi connectivity index (χ1n) is 9.99. The molecule has 0 N–H and O–H groups in total. The third-order valence-electron chi connectivity index (χ3n) is 7.14. The van der Waals surface area contributed by atoms with E-state index in [-0.39, 0.29) is 0 Å². The maximum Gasteiger partial charge on any atom is 0.130 e. The van der Waals surface area contributed by atoms with Gasteiger partial charge < -0.3 is 4.79 Å². The summed E-state index contributed by atoms with van der Waals surface area (Å²) in [6.45, 7) is 15.9. The molecule has 0 unspecified atom stereocenters. The molecule has 2 aliphatic rings. The normalized spacial score (nSPS) is 33.2. The van der Waals surface area contributed by atoms with Crippen molar-refractivity contribution in [3.63, 3.8) is 0 Å². The molecule has 0 radical (unpaired) electrons. The molecule has 136 valence electrons. The number of carbonyl (C=O) groups excluding carboxylic acids is 1. The Hall–Kier alpha value is -0.850. The zero-order valence-corrected chi connectivity index (χ0v) is 16.7. The van der Waals surface area contributed by atoms with Gasteiger partial charge in [0.2, 0.25) is 0 Å². The SMILES string of the molecule is C=C1CC[C@H]2C(C)(C)CCC[C@@]2(C)[C@@H]1CC/C(C)=C/CCC(C)=O. The van der Waals surface area contributed by atoms with Crippen LogP contribution in [-0.2, 0) is 4.79 Å². The quantitative estimate of drug-likeness (QED) is 0.485. The Labute approximate surface area is 150 Å². The van der Waals surface area contributed by atoms with Crippen molar-refractivity contribution < 1.29 is 4.79 Å². The molecule has 0 aromatic heterocycles. The molecule has 2 aliphatic carbocycles. The highest BCUT2D eigenvalue weighted by Gasteiger charge is 2.52. The molecule has 0 spiro atoms. The van der Waals surface area contributed by atoms with E-state index in [2.05, 4.69) is 40.3 Å². The molecule has 2 saturated carbocycles.